The van der Waals surface area contributed by atoms with Gasteiger partial charge in [0.2, 0.25) is 5.88 Å². The highest BCUT2D eigenvalue weighted by Gasteiger charge is 2.34. The van der Waals surface area contributed by atoms with Gasteiger partial charge in [0.15, 0.2) is 0 Å². The van der Waals surface area contributed by atoms with Crippen LogP contribution in [0.2, 0.25) is 0 Å². The van der Waals surface area contributed by atoms with E-state index in [1.54, 1.807) is 24.3 Å². The van der Waals surface area contributed by atoms with Gasteiger partial charge in [-0.05, 0) is 36.4 Å². The monoisotopic (exact) mass is 322 g/mol. The number of aromatic nitrogens is 1. The molecule has 3 nitrogen and oxygen atoms in total. The zero-order valence-corrected chi connectivity index (χ0v) is 11.6. The normalized spacial score (nSPS) is 11.7. The number of nitrogens with zero attached hydrogens (tertiary/aromatic N) is 1. The summed E-state index contributed by atoms with van der Waals surface area (Å²) in [4.78, 5) is 4.00. The Kier molecular flexibility index (Phi) is 3.55. The number of nitrogen functional groups attached to an aromatic ring is 1. The quantitative estimate of drug-likeness (QED) is 0.546. The van der Waals surface area contributed by atoms with Crippen LogP contribution in [0.25, 0.3) is 10.8 Å². The van der Waals surface area contributed by atoms with Crippen LogP contribution < -0.4 is 10.5 Å². The Balaban J connectivity index is 2.05. The van der Waals surface area contributed by atoms with E-state index >= 15 is 0 Å². The molecule has 0 bridgehead atoms. The van der Waals surface area contributed by atoms with E-state index in [4.69, 9.17) is 10.5 Å². The van der Waals surface area contributed by atoms with Crippen molar-refractivity contribution in [2.24, 2.45) is 0 Å². The highest BCUT2D eigenvalue weighted by Crippen LogP contribution is 2.36. The van der Waals surface area contributed by atoms with E-state index in [0.717, 1.165) is 6.07 Å². The molecule has 3 aromatic rings. The maximum Gasteiger partial charge on any atom is 0.419 e. The summed E-state index contributed by atoms with van der Waals surface area (Å²) in [6, 6.07) is 9.13. The van der Waals surface area contributed by atoms with Gasteiger partial charge in [-0.1, -0.05) is 6.07 Å². The third kappa shape index (κ3) is 2.90. The molecule has 0 fully saturated rings. The van der Waals surface area contributed by atoms with E-state index < -0.39 is 17.6 Å². The molecule has 0 aliphatic rings. The van der Waals surface area contributed by atoms with Gasteiger partial charge >= 0.3 is 6.18 Å². The van der Waals surface area contributed by atoms with Gasteiger partial charge in [-0.3, -0.25) is 0 Å². The topological polar surface area (TPSA) is 48.1 Å². The molecule has 0 unspecified atom stereocenters. The predicted octanol–water partition coefficient (Wildman–Crippen LogP) is 4.77. The Hall–Kier alpha value is -2.83. The van der Waals surface area contributed by atoms with Gasteiger partial charge in [0.1, 0.15) is 11.6 Å². The first-order chi connectivity index (χ1) is 10.9. The number of ether oxygens (including phenoxy) is 1. The Labute approximate surface area is 128 Å². The number of fused-ring (bicyclic) bond motifs is 1. The zero-order chi connectivity index (χ0) is 16.6. The Bertz CT molecular complexity index is 878. The molecule has 0 atom stereocenters. The molecule has 0 amide bonds. The summed E-state index contributed by atoms with van der Waals surface area (Å²) in [6.07, 6.45) is -3.37. The lowest BCUT2D eigenvalue weighted by Crippen LogP contribution is -2.08. The van der Waals surface area contributed by atoms with Crippen molar-refractivity contribution in [2.75, 3.05) is 5.73 Å². The van der Waals surface area contributed by atoms with Crippen LogP contribution in [-0.4, -0.2) is 4.98 Å². The van der Waals surface area contributed by atoms with Crippen LogP contribution in [0, 0.1) is 5.82 Å². The number of rotatable bonds is 2. The molecule has 1 aromatic heterocycles. The summed E-state index contributed by atoms with van der Waals surface area (Å²) >= 11 is 0. The fourth-order valence-corrected chi connectivity index (χ4v) is 2.18. The van der Waals surface area contributed by atoms with Crippen LogP contribution in [0.15, 0.2) is 48.7 Å². The van der Waals surface area contributed by atoms with Gasteiger partial charge < -0.3 is 10.5 Å². The Morgan fingerprint density at radius 2 is 1.78 bits per heavy atom. The molecule has 1 heterocycles. The minimum Gasteiger partial charge on any atom is -0.438 e. The summed E-state index contributed by atoms with van der Waals surface area (Å²) in [6.45, 7) is 0. The van der Waals surface area contributed by atoms with Crippen LogP contribution >= 0.6 is 0 Å². The molecule has 0 radical (unpaired) electrons. The highest BCUT2D eigenvalue weighted by atomic mass is 19.4. The smallest absolute Gasteiger partial charge is 0.419 e. The maximum atomic E-state index is 13.3. The van der Waals surface area contributed by atoms with E-state index in [-0.39, 0.29) is 11.6 Å². The number of anilines is 1. The number of halogens is 4. The van der Waals surface area contributed by atoms with Gasteiger partial charge in [0.05, 0.1) is 5.56 Å². The van der Waals surface area contributed by atoms with Crippen molar-refractivity contribution in [1.29, 1.82) is 0 Å². The van der Waals surface area contributed by atoms with Crippen LogP contribution in [0.3, 0.4) is 0 Å². The summed E-state index contributed by atoms with van der Waals surface area (Å²) < 4.78 is 56.9. The summed E-state index contributed by atoms with van der Waals surface area (Å²) in [5.41, 5.74) is 4.93. The molecule has 7 heteroatoms. The molecule has 23 heavy (non-hydrogen) atoms. The minimum atomic E-state index is -4.81. The molecule has 118 valence electrons. The largest absolute Gasteiger partial charge is 0.438 e. The molecule has 3 rings (SSSR count). The van der Waals surface area contributed by atoms with Crippen LogP contribution in [0.1, 0.15) is 5.56 Å². The molecule has 0 spiro atoms. The van der Waals surface area contributed by atoms with Crippen molar-refractivity contribution in [1.82, 2.24) is 4.98 Å². The molecule has 0 aliphatic carbocycles. The lowest BCUT2D eigenvalue weighted by Gasteiger charge is -2.12. The van der Waals surface area contributed by atoms with E-state index in [0.29, 0.717) is 28.6 Å². The predicted molar refractivity (Wildman–Crippen MR) is 77.6 cm³/mol. The van der Waals surface area contributed by atoms with Crippen molar-refractivity contribution in [3.63, 3.8) is 0 Å². The third-order valence-electron chi connectivity index (χ3n) is 3.26. The van der Waals surface area contributed by atoms with Crippen molar-refractivity contribution < 1.29 is 22.3 Å². The van der Waals surface area contributed by atoms with Crippen molar-refractivity contribution >= 4 is 16.5 Å². The first-order valence-electron chi connectivity index (χ1n) is 6.54. The molecule has 0 saturated heterocycles. The molecule has 0 saturated carbocycles. The first-order valence-corrected chi connectivity index (χ1v) is 6.54. The molecular formula is C16H10F4N2O. The second-order valence-corrected chi connectivity index (χ2v) is 4.80. The summed E-state index contributed by atoms with van der Waals surface area (Å²) in [5.74, 6) is -1.43. The van der Waals surface area contributed by atoms with E-state index in [1.807, 2.05) is 0 Å². The first kappa shape index (κ1) is 15.1. The second-order valence-electron chi connectivity index (χ2n) is 4.80. The number of nitrogens with two attached hydrogens (primary N) is 1. The van der Waals surface area contributed by atoms with Gasteiger partial charge in [-0.15, -0.1) is 0 Å². The van der Waals surface area contributed by atoms with Gasteiger partial charge in [0.25, 0.3) is 0 Å². The van der Waals surface area contributed by atoms with Crippen LogP contribution in [0.4, 0.5) is 23.2 Å². The second kappa shape index (κ2) is 5.42. The number of alkyl halides is 3. The molecule has 0 aliphatic heterocycles. The van der Waals surface area contributed by atoms with Crippen molar-refractivity contribution in [3.05, 3.63) is 60.0 Å². The SMILES string of the molecule is Nc1cccc2c(Oc3ccc(F)c(C(F)(F)F)c3)nccc12. The number of hydrogen-bond donors (Lipinski definition) is 1. The van der Waals surface area contributed by atoms with Gasteiger partial charge in [-0.25, -0.2) is 9.37 Å². The van der Waals surface area contributed by atoms with E-state index in [2.05, 4.69) is 4.98 Å². The van der Waals surface area contributed by atoms with Crippen LogP contribution in [-0.2, 0) is 6.18 Å². The average Bonchev–Trinajstić information content (AvgIpc) is 2.49. The lowest BCUT2D eigenvalue weighted by molar-refractivity contribution is -0.140. The molecule has 2 N–H and O–H groups in total. The zero-order valence-electron chi connectivity index (χ0n) is 11.6. The standard InChI is InChI=1S/C16H10F4N2O/c17-13-5-4-9(8-12(13)16(18,19)20)23-15-11-2-1-3-14(21)10(11)6-7-22-15/h1-8H,21H2. The van der Waals surface area contributed by atoms with Gasteiger partial charge in [-0.2, -0.15) is 13.2 Å². The highest BCUT2D eigenvalue weighted by molar-refractivity contribution is 5.95. The number of hydrogen-bond acceptors (Lipinski definition) is 3. The van der Waals surface area contributed by atoms with E-state index in [9.17, 15) is 17.6 Å². The van der Waals surface area contributed by atoms with Crippen molar-refractivity contribution in [3.8, 4) is 11.6 Å². The number of pyridine rings is 1. The number of benzene rings is 2. The third-order valence-corrected chi connectivity index (χ3v) is 3.26. The Morgan fingerprint density at radius 1 is 1.00 bits per heavy atom. The molecule has 2 aromatic carbocycles. The maximum absolute atomic E-state index is 13.3. The fourth-order valence-electron chi connectivity index (χ4n) is 2.18. The average molecular weight is 322 g/mol. The summed E-state index contributed by atoms with van der Waals surface area (Å²) in [7, 11) is 0. The van der Waals surface area contributed by atoms with Crippen molar-refractivity contribution in [2.45, 2.75) is 6.18 Å². The fraction of sp³-hybridized carbons (Fsp3) is 0.0625. The van der Waals surface area contributed by atoms with Gasteiger partial charge in [0, 0.05) is 22.7 Å². The van der Waals surface area contributed by atoms with E-state index in [1.165, 1.54) is 6.20 Å². The summed E-state index contributed by atoms with van der Waals surface area (Å²) in [5, 5.41) is 1.21. The Morgan fingerprint density at radius 3 is 2.52 bits per heavy atom. The lowest BCUT2D eigenvalue weighted by atomic mass is 10.1. The molecular weight excluding hydrogens is 312 g/mol. The minimum absolute atomic E-state index is 0.0922. The van der Waals surface area contributed by atoms with Crippen LogP contribution in [0.5, 0.6) is 11.6 Å².